The van der Waals surface area contributed by atoms with Gasteiger partial charge in [0.2, 0.25) is 0 Å². The van der Waals surface area contributed by atoms with E-state index in [0.717, 1.165) is 5.56 Å². The molecule has 1 unspecified atom stereocenters. The molecule has 1 aliphatic rings. The summed E-state index contributed by atoms with van der Waals surface area (Å²) in [6, 6.07) is 10.1. The number of ether oxygens (including phenoxy) is 3. The zero-order chi connectivity index (χ0) is 17.1. The van der Waals surface area contributed by atoms with Crippen LogP contribution in [0.25, 0.3) is 0 Å². The highest BCUT2D eigenvalue weighted by atomic mass is 16.8. The van der Waals surface area contributed by atoms with Crippen LogP contribution in [-0.4, -0.2) is 35.8 Å². The van der Waals surface area contributed by atoms with E-state index in [2.05, 4.69) is 13.8 Å². The van der Waals surface area contributed by atoms with Crippen LogP contribution in [0.15, 0.2) is 30.3 Å². The summed E-state index contributed by atoms with van der Waals surface area (Å²) in [7, 11) is 0. The van der Waals surface area contributed by atoms with E-state index in [1.807, 2.05) is 51.1 Å². The van der Waals surface area contributed by atoms with Crippen molar-refractivity contribution in [1.29, 1.82) is 0 Å². The minimum atomic E-state index is -0.624. The predicted octanol–water partition coefficient (Wildman–Crippen LogP) is 3.52. The summed E-state index contributed by atoms with van der Waals surface area (Å²) in [6.07, 6.45) is 0.0419. The van der Waals surface area contributed by atoms with E-state index in [0.29, 0.717) is 19.6 Å². The van der Waals surface area contributed by atoms with Gasteiger partial charge in [0, 0.05) is 0 Å². The molecule has 1 fully saturated rings. The fourth-order valence-corrected chi connectivity index (χ4v) is 3.36. The Morgan fingerprint density at radius 3 is 2.48 bits per heavy atom. The highest BCUT2D eigenvalue weighted by molar-refractivity contribution is 5.13. The molecule has 23 heavy (non-hydrogen) atoms. The van der Waals surface area contributed by atoms with Crippen molar-refractivity contribution >= 4 is 0 Å². The van der Waals surface area contributed by atoms with Crippen molar-refractivity contribution in [2.45, 2.75) is 71.7 Å². The van der Waals surface area contributed by atoms with Gasteiger partial charge in [0.15, 0.2) is 5.79 Å². The Labute approximate surface area is 139 Å². The summed E-state index contributed by atoms with van der Waals surface area (Å²) >= 11 is 0. The van der Waals surface area contributed by atoms with Gasteiger partial charge >= 0.3 is 0 Å². The van der Waals surface area contributed by atoms with Crippen LogP contribution in [0.3, 0.4) is 0 Å². The van der Waals surface area contributed by atoms with Crippen molar-refractivity contribution in [2.75, 3.05) is 6.61 Å². The van der Waals surface area contributed by atoms with E-state index < -0.39 is 5.79 Å². The fourth-order valence-electron chi connectivity index (χ4n) is 3.36. The quantitative estimate of drug-likeness (QED) is 0.834. The standard InChI is InChI=1S/C19H30O4/c1-14(20)11-18(2,3)17-16(22-19(4,5)23-17)13-21-12-15-9-7-6-8-10-15/h6-10,14,16-17,20H,11-13H2,1-5H3/t14?,16-,17+/m0/s1. The molecule has 1 aromatic rings. The molecule has 0 amide bonds. The molecular weight excluding hydrogens is 292 g/mol. The van der Waals surface area contributed by atoms with Crippen LogP contribution in [0.5, 0.6) is 0 Å². The lowest BCUT2D eigenvalue weighted by Gasteiger charge is -2.34. The van der Waals surface area contributed by atoms with E-state index >= 15 is 0 Å². The highest BCUT2D eigenvalue weighted by Gasteiger charge is 2.48. The maximum atomic E-state index is 9.76. The van der Waals surface area contributed by atoms with Crippen LogP contribution in [0.4, 0.5) is 0 Å². The van der Waals surface area contributed by atoms with Gasteiger partial charge in [-0.25, -0.2) is 0 Å². The van der Waals surface area contributed by atoms with Gasteiger partial charge in [-0.2, -0.15) is 0 Å². The lowest BCUT2D eigenvalue weighted by molar-refractivity contribution is -0.160. The zero-order valence-electron chi connectivity index (χ0n) is 14.9. The minimum Gasteiger partial charge on any atom is -0.393 e. The van der Waals surface area contributed by atoms with Gasteiger partial charge in [0.05, 0.1) is 25.4 Å². The predicted molar refractivity (Wildman–Crippen MR) is 90.0 cm³/mol. The largest absolute Gasteiger partial charge is 0.393 e. The van der Waals surface area contributed by atoms with Crippen LogP contribution < -0.4 is 0 Å². The van der Waals surface area contributed by atoms with Crippen molar-refractivity contribution in [3.63, 3.8) is 0 Å². The Hall–Kier alpha value is -0.940. The SMILES string of the molecule is CC(O)CC(C)(C)[C@@H]1OC(C)(C)O[C@H]1COCc1ccccc1. The van der Waals surface area contributed by atoms with Crippen molar-refractivity contribution in [1.82, 2.24) is 0 Å². The third-order valence-corrected chi connectivity index (χ3v) is 4.17. The summed E-state index contributed by atoms with van der Waals surface area (Å²) in [5, 5.41) is 9.76. The molecule has 1 saturated heterocycles. The summed E-state index contributed by atoms with van der Waals surface area (Å²) in [5.74, 6) is -0.624. The first-order valence-corrected chi connectivity index (χ1v) is 8.35. The van der Waals surface area contributed by atoms with E-state index in [-0.39, 0.29) is 23.7 Å². The molecule has 0 aliphatic carbocycles. The maximum Gasteiger partial charge on any atom is 0.163 e. The first-order valence-electron chi connectivity index (χ1n) is 8.35. The van der Waals surface area contributed by atoms with Crippen LogP contribution in [-0.2, 0) is 20.8 Å². The Bertz CT molecular complexity index is 481. The number of aliphatic hydroxyl groups is 1. The third kappa shape index (κ3) is 5.28. The first kappa shape index (κ1) is 18.4. The zero-order valence-corrected chi connectivity index (χ0v) is 14.9. The van der Waals surface area contributed by atoms with Crippen LogP contribution in [0.1, 0.15) is 46.6 Å². The Morgan fingerprint density at radius 1 is 1.22 bits per heavy atom. The molecule has 4 nitrogen and oxygen atoms in total. The molecule has 0 saturated carbocycles. The molecule has 1 heterocycles. The van der Waals surface area contributed by atoms with Gasteiger partial charge in [0.1, 0.15) is 6.10 Å². The molecule has 3 atom stereocenters. The smallest absolute Gasteiger partial charge is 0.163 e. The number of hydrogen-bond acceptors (Lipinski definition) is 4. The Balaban J connectivity index is 1.97. The number of rotatable bonds is 7. The van der Waals surface area contributed by atoms with Crippen LogP contribution in [0.2, 0.25) is 0 Å². The van der Waals surface area contributed by atoms with E-state index in [1.54, 1.807) is 0 Å². The van der Waals surface area contributed by atoms with Gasteiger partial charge in [-0.05, 0) is 38.2 Å². The van der Waals surface area contributed by atoms with E-state index in [4.69, 9.17) is 14.2 Å². The summed E-state index contributed by atoms with van der Waals surface area (Å²) in [5.41, 5.74) is 0.952. The molecule has 4 heteroatoms. The second kappa shape index (κ2) is 7.31. The van der Waals surface area contributed by atoms with Gasteiger partial charge in [-0.1, -0.05) is 44.2 Å². The average Bonchev–Trinajstić information content (AvgIpc) is 2.75. The summed E-state index contributed by atoms with van der Waals surface area (Å²) in [4.78, 5) is 0. The van der Waals surface area contributed by atoms with Crippen LogP contribution in [0, 0.1) is 5.41 Å². The third-order valence-electron chi connectivity index (χ3n) is 4.17. The fraction of sp³-hybridized carbons (Fsp3) is 0.684. The van der Waals surface area contributed by atoms with Crippen molar-refractivity contribution < 1.29 is 19.3 Å². The molecule has 0 spiro atoms. The molecule has 1 N–H and O–H groups in total. The van der Waals surface area contributed by atoms with Crippen molar-refractivity contribution in [3.05, 3.63) is 35.9 Å². The molecule has 1 aromatic carbocycles. The lowest BCUT2D eigenvalue weighted by Crippen LogP contribution is -2.41. The minimum absolute atomic E-state index is 0.108. The molecule has 2 rings (SSSR count). The topological polar surface area (TPSA) is 47.9 Å². The molecule has 1 aliphatic heterocycles. The van der Waals surface area contributed by atoms with Crippen molar-refractivity contribution in [2.24, 2.45) is 5.41 Å². The molecular formula is C19H30O4. The maximum absolute atomic E-state index is 9.76. The Morgan fingerprint density at radius 2 is 1.87 bits per heavy atom. The molecule has 0 radical (unpaired) electrons. The van der Waals surface area contributed by atoms with E-state index in [9.17, 15) is 5.11 Å². The first-order chi connectivity index (χ1) is 10.7. The average molecular weight is 322 g/mol. The second-order valence-corrected chi connectivity index (χ2v) is 7.64. The highest BCUT2D eigenvalue weighted by Crippen LogP contribution is 2.40. The van der Waals surface area contributed by atoms with Crippen LogP contribution >= 0.6 is 0 Å². The lowest BCUT2D eigenvalue weighted by atomic mass is 9.79. The van der Waals surface area contributed by atoms with E-state index in [1.165, 1.54) is 0 Å². The molecule has 0 aromatic heterocycles. The summed E-state index contributed by atoms with van der Waals surface area (Å²) in [6.45, 7) is 10.9. The van der Waals surface area contributed by atoms with Gasteiger partial charge in [0.25, 0.3) is 0 Å². The second-order valence-electron chi connectivity index (χ2n) is 7.64. The normalized spacial score (nSPS) is 25.5. The van der Waals surface area contributed by atoms with Gasteiger partial charge in [-0.3, -0.25) is 0 Å². The molecule has 0 bridgehead atoms. The number of benzene rings is 1. The number of aliphatic hydroxyl groups excluding tert-OH is 1. The monoisotopic (exact) mass is 322 g/mol. The van der Waals surface area contributed by atoms with Gasteiger partial charge in [-0.15, -0.1) is 0 Å². The Kier molecular flexibility index (Phi) is 5.84. The summed E-state index contributed by atoms with van der Waals surface area (Å²) < 4.78 is 18.0. The molecule has 130 valence electrons. The number of hydrogen-bond donors (Lipinski definition) is 1. The van der Waals surface area contributed by atoms with Crippen molar-refractivity contribution in [3.8, 4) is 0 Å². The van der Waals surface area contributed by atoms with Gasteiger partial charge < -0.3 is 19.3 Å².